The van der Waals surface area contributed by atoms with Crippen molar-refractivity contribution in [2.24, 2.45) is 0 Å². The smallest absolute Gasteiger partial charge is 0.409 e. The van der Waals surface area contributed by atoms with Crippen LogP contribution in [0.25, 0.3) is 10.9 Å². The second-order valence-corrected chi connectivity index (χ2v) is 8.61. The highest BCUT2D eigenvalue weighted by atomic mass is 16.6. The summed E-state index contributed by atoms with van der Waals surface area (Å²) in [5.41, 5.74) is 2.02. The lowest BCUT2D eigenvalue weighted by atomic mass is 10.0. The van der Waals surface area contributed by atoms with E-state index in [1.54, 1.807) is 4.90 Å². The van der Waals surface area contributed by atoms with E-state index in [4.69, 9.17) is 19.4 Å². The molecule has 9 nitrogen and oxygen atoms in total. The summed E-state index contributed by atoms with van der Waals surface area (Å²) in [6.07, 6.45) is 2.59. The number of aromatic nitrogens is 2. The average molecular weight is 456 g/mol. The van der Waals surface area contributed by atoms with Gasteiger partial charge in [0.1, 0.15) is 17.7 Å². The molecule has 2 aromatic rings. The first kappa shape index (κ1) is 23.2. The van der Waals surface area contributed by atoms with Crippen molar-refractivity contribution in [3.63, 3.8) is 0 Å². The Labute approximate surface area is 194 Å². The van der Waals surface area contributed by atoms with Gasteiger partial charge in [-0.15, -0.1) is 0 Å². The summed E-state index contributed by atoms with van der Waals surface area (Å²) >= 11 is 0. The van der Waals surface area contributed by atoms with Gasteiger partial charge in [0.05, 0.1) is 25.8 Å². The minimum atomic E-state index is -0.264. The number of para-hydroxylation sites is 1. The standard InChI is InChI=1S/C24H33N5O4/c1-4-33-24(31)28-14-12-27(13-15-28)22-18-9-7-8-17(2)21(18)25-20(26-22)16-29-11-6-5-10-19(29)23(30)32-3/h7-9,19H,4-6,10-16H2,1-3H3/t19-/m0/s1. The van der Waals surface area contributed by atoms with Crippen LogP contribution in [-0.4, -0.2) is 84.3 Å². The zero-order chi connectivity index (χ0) is 23.4. The van der Waals surface area contributed by atoms with Crippen molar-refractivity contribution in [1.82, 2.24) is 19.8 Å². The van der Waals surface area contributed by atoms with E-state index in [1.807, 2.05) is 13.0 Å². The molecule has 3 heterocycles. The molecule has 2 aliphatic rings. The number of likely N-dealkylation sites (tertiary alicyclic amines) is 1. The highest BCUT2D eigenvalue weighted by Crippen LogP contribution is 2.28. The monoisotopic (exact) mass is 455 g/mol. The van der Waals surface area contributed by atoms with Gasteiger partial charge in [0.15, 0.2) is 0 Å². The van der Waals surface area contributed by atoms with Gasteiger partial charge in [0.2, 0.25) is 0 Å². The van der Waals surface area contributed by atoms with E-state index in [9.17, 15) is 9.59 Å². The third-order valence-corrected chi connectivity index (χ3v) is 6.49. The molecule has 1 aromatic carbocycles. The third-order valence-electron chi connectivity index (χ3n) is 6.49. The van der Waals surface area contributed by atoms with Gasteiger partial charge in [-0.25, -0.2) is 14.8 Å². The Morgan fingerprint density at radius 2 is 1.88 bits per heavy atom. The molecule has 1 atom stereocenters. The van der Waals surface area contributed by atoms with Gasteiger partial charge in [0.25, 0.3) is 0 Å². The number of amides is 1. The van der Waals surface area contributed by atoms with Crippen molar-refractivity contribution in [3.05, 3.63) is 29.6 Å². The Bertz CT molecular complexity index is 1010. The van der Waals surface area contributed by atoms with E-state index in [-0.39, 0.29) is 18.1 Å². The van der Waals surface area contributed by atoms with Crippen LogP contribution in [0.15, 0.2) is 18.2 Å². The fraction of sp³-hybridized carbons (Fsp3) is 0.583. The molecule has 1 amide bonds. The van der Waals surface area contributed by atoms with Crippen LogP contribution in [0, 0.1) is 6.92 Å². The summed E-state index contributed by atoms with van der Waals surface area (Å²) in [7, 11) is 1.44. The number of esters is 1. The molecule has 0 radical (unpaired) electrons. The van der Waals surface area contributed by atoms with Crippen molar-refractivity contribution in [2.75, 3.05) is 51.3 Å². The first-order valence-electron chi connectivity index (χ1n) is 11.8. The van der Waals surface area contributed by atoms with Gasteiger partial charge < -0.3 is 19.3 Å². The van der Waals surface area contributed by atoms with Crippen LogP contribution >= 0.6 is 0 Å². The summed E-state index contributed by atoms with van der Waals surface area (Å²) in [4.78, 5) is 40.4. The largest absolute Gasteiger partial charge is 0.468 e. The van der Waals surface area contributed by atoms with Crippen LogP contribution in [0.4, 0.5) is 10.6 Å². The maximum atomic E-state index is 12.3. The lowest BCUT2D eigenvalue weighted by molar-refractivity contribution is -0.148. The van der Waals surface area contributed by atoms with Gasteiger partial charge in [-0.2, -0.15) is 0 Å². The fourth-order valence-electron chi connectivity index (χ4n) is 4.72. The SMILES string of the molecule is CCOC(=O)N1CCN(c2nc(CN3CCCC[C@H]3C(=O)OC)nc3c(C)cccc23)CC1. The van der Waals surface area contributed by atoms with E-state index in [0.717, 1.165) is 48.1 Å². The van der Waals surface area contributed by atoms with Gasteiger partial charge in [-0.05, 0) is 44.9 Å². The fourth-order valence-corrected chi connectivity index (χ4v) is 4.72. The molecular formula is C24H33N5O4. The average Bonchev–Trinajstić information content (AvgIpc) is 2.84. The molecule has 0 unspecified atom stereocenters. The van der Waals surface area contributed by atoms with E-state index in [2.05, 4.69) is 28.9 Å². The van der Waals surface area contributed by atoms with Crippen LogP contribution in [0.3, 0.4) is 0 Å². The molecule has 9 heteroatoms. The number of hydrogen-bond donors (Lipinski definition) is 0. The van der Waals surface area contributed by atoms with E-state index >= 15 is 0 Å². The number of methoxy groups -OCH3 is 1. The first-order chi connectivity index (χ1) is 16.0. The Kier molecular flexibility index (Phi) is 7.27. The molecule has 2 saturated heterocycles. The number of carbonyl (C=O) groups excluding carboxylic acids is 2. The van der Waals surface area contributed by atoms with Gasteiger partial charge in [-0.1, -0.05) is 18.6 Å². The Morgan fingerprint density at radius 3 is 2.61 bits per heavy atom. The lowest BCUT2D eigenvalue weighted by Crippen LogP contribution is -2.49. The molecule has 1 aromatic heterocycles. The van der Waals surface area contributed by atoms with Gasteiger partial charge in [-0.3, -0.25) is 9.69 Å². The number of anilines is 1. The quantitative estimate of drug-likeness (QED) is 0.636. The zero-order valence-electron chi connectivity index (χ0n) is 19.7. The van der Waals surface area contributed by atoms with E-state index < -0.39 is 0 Å². The molecule has 0 bridgehead atoms. The number of hydrogen-bond acceptors (Lipinski definition) is 8. The summed E-state index contributed by atoms with van der Waals surface area (Å²) in [5.74, 6) is 1.39. The molecule has 0 aliphatic carbocycles. The number of nitrogens with zero attached hydrogens (tertiary/aromatic N) is 5. The number of fused-ring (bicyclic) bond motifs is 1. The summed E-state index contributed by atoms with van der Waals surface area (Å²) < 4.78 is 10.2. The number of carbonyl (C=O) groups is 2. The number of benzene rings is 1. The van der Waals surface area contributed by atoms with Crippen LogP contribution in [0.2, 0.25) is 0 Å². The summed E-state index contributed by atoms with van der Waals surface area (Å²) in [6.45, 7) is 8.09. The van der Waals surface area contributed by atoms with Crippen LogP contribution in [0.5, 0.6) is 0 Å². The maximum Gasteiger partial charge on any atom is 0.409 e. The lowest BCUT2D eigenvalue weighted by Gasteiger charge is -2.36. The van der Waals surface area contributed by atoms with Crippen molar-refractivity contribution >= 4 is 28.8 Å². The molecule has 0 N–H and O–H groups in total. The highest BCUT2D eigenvalue weighted by Gasteiger charge is 2.31. The minimum absolute atomic E-state index is 0.193. The maximum absolute atomic E-state index is 12.3. The van der Waals surface area contributed by atoms with Crippen molar-refractivity contribution in [2.45, 2.75) is 45.7 Å². The number of aryl methyl sites for hydroxylation is 1. The summed E-state index contributed by atoms with van der Waals surface area (Å²) in [5, 5.41) is 1.01. The number of ether oxygens (including phenoxy) is 2. The number of piperidine rings is 1. The molecule has 2 aliphatic heterocycles. The van der Waals surface area contributed by atoms with Gasteiger partial charge in [0, 0.05) is 31.6 Å². The molecule has 0 spiro atoms. The van der Waals surface area contributed by atoms with Crippen molar-refractivity contribution < 1.29 is 19.1 Å². The molecule has 2 fully saturated rings. The third kappa shape index (κ3) is 5.03. The summed E-state index contributed by atoms with van der Waals surface area (Å²) in [6, 6.07) is 5.88. The Balaban J connectivity index is 1.61. The van der Waals surface area contributed by atoms with Crippen molar-refractivity contribution in [3.8, 4) is 0 Å². The Hall–Kier alpha value is -2.94. The van der Waals surface area contributed by atoms with Crippen LogP contribution < -0.4 is 4.90 Å². The topological polar surface area (TPSA) is 88.1 Å². The molecule has 0 saturated carbocycles. The molecular weight excluding hydrogens is 422 g/mol. The minimum Gasteiger partial charge on any atom is -0.468 e. The normalized spacial score (nSPS) is 19.5. The molecule has 33 heavy (non-hydrogen) atoms. The van der Waals surface area contributed by atoms with Crippen LogP contribution in [0.1, 0.15) is 37.6 Å². The highest BCUT2D eigenvalue weighted by molar-refractivity contribution is 5.91. The van der Waals surface area contributed by atoms with E-state index in [0.29, 0.717) is 45.2 Å². The second kappa shape index (κ2) is 10.3. The predicted molar refractivity (Wildman–Crippen MR) is 125 cm³/mol. The number of piperazine rings is 1. The molecule has 178 valence electrons. The molecule has 4 rings (SSSR count). The zero-order valence-corrected chi connectivity index (χ0v) is 19.7. The second-order valence-electron chi connectivity index (χ2n) is 8.61. The number of rotatable bonds is 5. The first-order valence-corrected chi connectivity index (χ1v) is 11.8. The van der Waals surface area contributed by atoms with Gasteiger partial charge >= 0.3 is 12.1 Å². The van der Waals surface area contributed by atoms with Crippen molar-refractivity contribution in [1.29, 1.82) is 0 Å². The predicted octanol–water partition coefficient (Wildman–Crippen LogP) is 2.74. The van der Waals surface area contributed by atoms with E-state index in [1.165, 1.54) is 7.11 Å². The Morgan fingerprint density at radius 1 is 1.09 bits per heavy atom. The van der Waals surface area contributed by atoms with Crippen LogP contribution in [-0.2, 0) is 20.8 Å².